The molecule has 0 aliphatic carbocycles. The van der Waals surface area contributed by atoms with Crippen LogP contribution in [-0.4, -0.2) is 35.4 Å². The number of hydrogen-bond acceptors (Lipinski definition) is 5. The van der Waals surface area contributed by atoms with Crippen LogP contribution in [0.2, 0.25) is 0 Å². The number of methoxy groups -OCH3 is 1. The maximum Gasteiger partial charge on any atom is 0.295 e. The third kappa shape index (κ3) is 5.43. The molecule has 0 aromatic heterocycles. The lowest BCUT2D eigenvalue weighted by atomic mass is 9.95. The van der Waals surface area contributed by atoms with Crippen LogP contribution in [0.25, 0.3) is 5.76 Å². The van der Waals surface area contributed by atoms with E-state index < -0.39 is 17.7 Å². The van der Waals surface area contributed by atoms with Gasteiger partial charge in [-0.1, -0.05) is 56.3 Å². The summed E-state index contributed by atoms with van der Waals surface area (Å²) in [4.78, 5) is 28.1. The molecule has 186 valence electrons. The Hall–Kier alpha value is -4.06. The van der Waals surface area contributed by atoms with E-state index >= 15 is 0 Å². The van der Waals surface area contributed by atoms with Gasteiger partial charge in [0, 0.05) is 12.1 Å². The zero-order valence-electron chi connectivity index (χ0n) is 20.8. The molecule has 6 nitrogen and oxygen atoms in total. The molecule has 1 heterocycles. The number of likely N-dealkylation sites (tertiary alicyclic amines) is 1. The van der Waals surface area contributed by atoms with Gasteiger partial charge in [0.05, 0.1) is 25.3 Å². The number of nitrogens with zero attached hydrogens (tertiary/aromatic N) is 1. The predicted molar refractivity (Wildman–Crippen MR) is 139 cm³/mol. The van der Waals surface area contributed by atoms with Gasteiger partial charge in [0.15, 0.2) is 0 Å². The summed E-state index contributed by atoms with van der Waals surface area (Å²) >= 11 is 0. The predicted octanol–water partition coefficient (Wildman–Crippen LogP) is 5.74. The first-order valence-corrected chi connectivity index (χ1v) is 12.1. The Kier molecular flexibility index (Phi) is 7.74. The van der Waals surface area contributed by atoms with E-state index in [0.29, 0.717) is 35.2 Å². The molecule has 1 aliphatic heterocycles. The van der Waals surface area contributed by atoms with Crippen molar-refractivity contribution in [2.45, 2.75) is 32.9 Å². The summed E-state index contributed by atoms with van der Waals surface area (Å²) in [6, 6.07) is 22.9. The van der Waals surface area contributed by atoms with Crippen LogP contribution in [0.4, 0.5) is 0 Å². The maximum atomic E-state index is 13.3. The van der Waals surface area contributed by atoms with Gasteiger partial charge < -0.3 is 19.5 Å². The highest BCUT2D eigenvalue weighted by molar-refractivity contribution is 6.46. The normalized spacial score (nSPS) is 17.0. The summed E-state index contributed by atoms with van der Waals surface area (Å²) in [6.07, 6.45) is 0.911. The second kappa shape index (κ2) is 11.1. The van der Waals surface area contributed by atoms with E-state index in [-0.39, 0.29) is 17.9 Å². The average Bonchev–Trinajstić information content (AvgIpc) is 3.14. The Morgan fingerprint density at radius 2 is 1.67 bits per heavy atom. The van der Waals surface area contributed by atoms with Gasteiger partial charge >= 0.3 is 0 Å². The van der Waals surface area contributed by atoms with E-state index in [1.807, 2.05) is 54.6 Å². The van der Waals surface area contributed by atoms with Crippen LogP contribution in [0.1, 0.15) is 43.0 Å². The smallest absolute Gasteiger partial charge is 0.295 e. The third-order valence-electron chi connectivity index (χ3n) is 6.24. The fourth-order valence-corrected chi connectivity index (χ4v) is 4.26. The molecule has 1 N–H and O–H groups in total. The molecule has 1 unspecified atom stereocenters. The second-order valence-corrected chi connectivity index (χ2v) is 9.24. The summed E-state index contributed by atoms with van der Waals surface area (Å²) in [7, 11) is 1.56. The highest BCUT2D eigenvalue weighted by atomic mass is 16.5. The maximum absolute atomic E-state index is 13.3. The van der Waals surface area contributed by atoms with E-state index in [9.17, 15) is 14.7 Å². The number of ether oxygens (including phenoxy) is 2. The number of aliphatic hydroxyl groups is 1. The molecular weight excluding hydrogens is 454 g/mol. The van der Waals surface area contributed by atoms with Gasteiger partial charge in [-0.15, -0.1) is 0 Å². The van der Waals surface area contributed by atoms with Crippen LogP contribution in [0.15, 0.2) is 84.4 Å². The van der Waals surface area contributed by atoms with Crippen molar-refractivity contribution in [3.05, 3.63) is 101 Å². The Morgan fingerprint density at radius 3 is 2.33 bits per heavy atom. The molecule has 3 aromatic carbocycles. The number of rotatable bonds is 9. The molecule has 1 aliphatic rings. The molecule has 1 fully saturated rings. The summed E-state index contributed by atoms with van der Waals surface area (Å²) < 4.78 is 11.2. The van der Waals surface area contributed by atoms with Crippen molar-refractivity contribution < 1.29 is 24.2 Å². The second-order valence-electron chi connectivity index (χ2n) is 9.24. The fraction of sp³-hybridized carbons (Fsp3) is 0.267. The highest BCUT2D eigenvalue weighted by Crippen LogP contribution is 2.41. The molecule has 1 saturated heterocycles. The number of Topliss-reactive ketones (excluding diaryl/α,β-unsaturated/α-hetero) is 1. The fourth-order valence-electron chi connectivity index (χ4n) is 4.26. The Bertz CT molecular complexity index is 1250. The summed E-state index contributed by atoms with van der Waals surface area (Å²) in [5, 5.41) is 11.3. The van der Waals surface area contributed by atoms with E-state index in [2.05, 4.69) is 13.8 Å². The average molecular weight is 486 g/mol. The molecule has 0 saturated carbocycles. The van der Waals surface area contributed by atoms with E-state index in [0.717, 1.165) is 12.0 Å². The molecular formula is C30H31NO5. The Labute approximate surface area is 211 Å². The molecule has 0 radical (unpaired) electrons. The third-order valence-corrected chi connectivity index (χ3v) is 6.24. The monoisotopic (exact) mass is 485 g/mol. The molecule has 1 amide bonds. The Morgan fingerprint density at radius 1 is 0.944 bits per heavy atom. The minimum absolute atomic E-state index is 0.0560. The SMILES string of the molecule is COc1ccc(/C(O)=C2\C(=O)C(=O)N(Cc3ccccc3)C2c2cccc(OCCC(C)C)c2)cc1. The lowest BCUT2D eigenvalue weighted by Crippen LogP contribution is -2.29. The first kappa shape index (κ1) is 25.0. The zero-order valence-corrected chi connectivity index (χ0v) is 20.8. The minimum Gasteiger partial charge on any atom is -0.507 e. The number of carbonyl (C=O) groups excluding carboxylic acids is 2. The summed E-state index contributed by atoms with van der Waals surface area (Å²) in [5.41, 5.74) is 2.07. The lowest BCUT2D eigenvalue weighted by molar-refractivity contribution is -0.140. The first-order chi connectivity index (χ1) is 17.4. The van der Waals surface area contributed by atoms with Gasteiger partial charge in [-0.05, 0) is 59.9 Å². The highest BCUT2D eigenvalue weighted by Gasteiger charge is 2.46. The number of carbonyl (C=O) groups is 2. The molecule has 0 spiro atoms. The van der Waals surface area contributed by atoms with Gasteiger partial charge in [-0.25, -0.2) is 0 Å². The number of benzene rings is 3. The molecule has 3 aromatic rings. The number of hydrogen-bond donors (Lipinski definition) is 1. The zero-order chi connectivity index (χ0) is 25.7. The van der Waals surface area contributed by atoms with Crippen LogP contribution in [0.5, 0.6) is 11.5 Å². The van der Waals surface area contributed by atoms with Crippen molar-refractivity contribution in [1.29, 1.82) is 0 Å². The van der Waals surface area contributed by atoms with E-state index in [1.54, 1.807) is 31.4 Å². The van der Waals surface area contributed by atoms with Crippen LogP contribution < -0.4 is 9.47 Å². The molecule has 1 atom stereocenters. The Balaban J connectivity index is 1.78. The van der Waals surface area contributed by atoms with Crippen molar-refractivity contribution in [2.24, 2.45) is 5.92 Å². The van der Waals surface area contributed by atoms with Crippen LogP contribution in [0.3, 0.4) is 0 Å². The van der Waals surface area contributed by atoms with Gasteiger partial charge in [-0.2, -0.15) is 0 Å². The van der Waals surface area contributed by atoms with Crippen LogP contribution in [0, 0.1) is 5.92 Å². The molecule has 36 heavy (non-hydrogen) atoms. The summed E-state index contributed by atoms with van der Waals surface area (Å²) in [6.45, 7) is 5.07. The van der Waals surface area contributed by atoms with Gasteiger partial charge in [0.1, 0.15) is 17.3 Å². The number of amides is 1. The van der Waals surface area contributed by atoms with Gasteiger partial charge in [-0.3, -0.25) is 9.59 Å². The van der Waals surface area contributed by atoms with Crippen molar-refractivity contribution in [1.82, 2.24) is 4.90 Å². The minimum atomic E-state index is -0.763. The summed E-state index contributed by atoms with van der Waals surface area (Å²) in [5.74, 6) is 0.209. The van der Waals surface area contributed by atoms with E-state index in [1.165, 1.54) is 4.90 Å². The largest absolute Gasteiger partial charge is 0.507 e. The quantitative estimate of drug-likeness (QED) is 0.238. The van der Waals surface area contributed by atoms with Crippen LogP contribution in [-0.2, 0) is 16.1 Å². The van der Waals surface area contributed by atoms with E-state index in [4.69, 9.17) is 9.47 Å². The van der Waals surface area contributed by atoms with Crippen LogP contribution >= 0.6 is 0 Å². The van der Waals surface area contributed by atoms with Gasteiger partial charge in [0.2, 0.25) is 0 Å². The standard InChI is InChI=1S/C30H31NO5/c1-20(2)16-17-36-25-11-7-10-23(18-25)27-26(28(32)22-12-14-24(35-3)15-13-22)29(33)30(34)31(27)19-21-8-5-4-6-9-21/h4-15,18,20,27,32H,16-17,19H2,1-3H3/b28-26+. The first-order valence-electron chi connectivity index (χ1n) is 12.1. The van der Waals surface area contributed by atoms with Crippen molar-refractivity contribution in [3.8, 4) is 11.5 Å². The number of ketones is 1. The lowest BCUT2D eigenvalue weighted by Gasteiger charge is -2.26. The molecule has 4 rings (SSSR count). The van der Waals surface area contributed by atoms with Crippen molar-refractivity contribution in [3.63, 3.8) is 0 Å². The topological polar surface area (TPSA) is 76.1 Å². The van der Waals surface area contributed by atoms with Crippen molar-refractivity contribution in [2.75, 3.05) is 13.7 Å². The van der Waals surface area contributed by atoms with Crippen molar-refractivity contribution >= 4 is 17.4 Å². The molecule has 0 bridgehead atoms. The van der Waals surface area contributed by atoms with Gasteiger partial charge in [0.25, 0.3) is 11.7 Å². The molecule has 6 heteroatoms. The number of aliphatic hydroxyl groups excluding tert-OH is 1.